The van der Waals surface area contributed by atoms with E-state index in [1.54, 1.807) is 7.11 Å². The molecule has 1 rings (SSSR count). The van der Waals surface area contributed by atoms with Crippen molar-refractivity contribution < 1.29 is 14.6 Å². The van der Waals surface area contributed by atoms with Gasteiger partial charge in [0.1, 0.15) is 0 Å². The largest absolute Gasteiger partial charge is 0.395 e. The Bertz CT molecular complexity index is 155. The van der Waals surface area contributed by atoms with E-state index in [9.17, 15) is 5.11 Å². The zero-order valence-corrected chi connectivity index (χ0v) is 9.65. The van der Waals surface area contributed by atoms with Crippen molar-refractivity contribution in [1.82, 2.24) is 4.90 Å². The summed E-state index contributed by atoms with van der Waals surface area (Å²) in [6.45, 7) is 4.35. The van der Waals surface area contributed by atoms with Crippen LogP contribution in [0.5, 0.6) is 0 Å². The first-order valence-corrected chi connectivity index (χ1v) is 5.80. The van der Waals surface area contributed by atoms with Crippen LogP contribution in [0.25, 0.3) is 0 Å². The van der Waals surface area contributed by atoms with E-state index in [1.165, 1.54) is 12.8 Å². The van der Waals surface area contributed by atoms with Gasteiger partial charge in [-0.25, -0.2) is 0 Å². The Morgan fingerprint density at radius 3 is 2.87 bits per heavy atom. The predicted molar refractivity (Wildman–Crippen MR) is 59.0 cm³/mol. The van der Waals surface area contributed by atoms with Gasteiger partial charge in [0.2, 0.25) is 0 Å². The standard InChI is InChI=1S/C11H23NO3/c1-14-8-9-15-7-6-12-5-3-2-4-11(12)10-13/h11,13H,2-10H2,1H3/t11-/m1/s1. The number of ether oxygens (including phenoxy) is 2. The third-order valence-corrected chi connectivity index (χ3v) is 2.91. The molecule has 1 heterocycles. The highest BCUT2D eigenvalue weighted by molar-refractivity contribution is 4.75. The number of hydrogen-bond acceptors (Lipinski definition) is 4. The lowest BCUT2D eigenvalue weighted by molar-refractivity contribution is 0.0307. The summed E-state index contributed by atoms with van der Waals surface area (Å²) < 4.78 is 10.3. The topological polar surface area (TPSA) is 41.9 Å². The fourth-order valence-electron chi connectivity index (χ4n) is 1.99. The lowest BCUT2D eigenvalue weighted by Gasteiger charge is -2.34. The molecule has 1 fully saturated rings. The molecule has 0 unspecified atom stereocenters. The maximum atomic E-state index is 9.20. The fraction of sp³-hybridized carbons (Fsp3) is 1.00. The average Bonchev–Trinajstić information content (AvgIpc) is 2.29. The van der Waals surface area contributed by atoms with Crippen LogP contribution in [-0.4, -0.2) is 62.7 Å². The Labute approximate surface area is 92.2 Å². The molecule has 0 aromatic rings. The van der Waals surface area contributed by atoms with Crippen LogP contribution in [0.3, 0.4) is 0 Å². The van der Waals surface area contributed by atoms with Crippen LogP contribution in [0.1, 0.15) is 19.3 Å². The van der Waals surface area contributed by atoms with Crippen LogP contribution in [-0.2, 0) is 9.47 Å². The van der Waals surface area contributed by atoms with Gasteiger partial charge in [-0.3, -0.25) is 4.90 Å². The second-order valence-electron chi connectivity index (χ2n) is 3.97. The second kappa shape index (κ2) is 8.05. The molecule has 0 spiro atoms. The van der Waals surface area contributed by atoms with Crippen molar-refractivity contribution in [2.45, 2.75) is 25.3 Å². The van der Waals surface area contributed by atoms with Gasteiger partial charge in [-0.1, -0.05) is 6.42 Å². The Morgan fingerprint density at radius 2 is 2.13 bits per heavy atom. The first-order valence-electron chi connectivity index (χ1n) is 5.80. The van der Waals surface area contributed by atoms with Gasteiger partial charge >= 0.3 is 0 Å². The number of nitrogens with zero attached hydrogens (tertiary/aromatic N) is 1. The first kappa shape index (κ1) is 12.9. The van der Waals surface area contributed by atoms with Crippen LogP contribution in [0.2, 0.25) is 0 Å². The fourth-order valence-corrected chi connectivity index (χ4v) is 1.99. The quantitative estimate of drug-likeness (QED) is 0.630. The molecule has 0 aliphatic carbocycles. The minimum absolute atomic E-state index is 0.276. The van der Waals surface area contributed by atoms with E-state index in [0.717, 1.165) is 26.1 Å². The summed E-state index contributed by atoms with van der Waals surface area (Å²) in [6.07, 6.45) is 3.61. The predicted octanol–water partition coefficient (Wildman–Crippen LogP) is 0.496. The summed E-state index contributed by atoms with van der Waals surface area (Å²) in [5.74, 6) is 0. The monoisotopic (exact) mass is 217 g/mol. The molecule has 4 nitrogen and oxygen atoms in total. The van der Waals surface area contributed by atoms with Crippen LogP contribution >= 0.6 is 0 Å². The van der Waals surface area contributed by atoms with Crippen LogP contribution in [0, 0.1) is 0 Å². The van der Waals surface area contributed by atoms with Crippen molar-refractivity contribution in [3.8, 4) is 0 Å². The van der Waals surface area contributed by atoms with E-state index in [0.29, 0.717) is 19.3 Å². The van der Waals surface area contributed by atoms with Crippen molar-refractivity contribution in [2.75, 3.05) is 46.6 Å². The molecule has 0 aromatic heterocycles. The van der Waals surface area contributed by atoms with Gasteiger partial charge in [0.25, 0.3) is 0 Å². The van der Waals surface area contributed by atoms with Crippen LogP contribution in [0.15, 0.2) is 0 Å². The molecule has 90 valence electrons. The molecular formula is C11H23NO3. The second-order valence-corrected chi connectivity index (χ2v) is 3.97. The minimum atomic E-state index is 0.276. The molecule has 1 N–H and O–H groups in total. The summed E-state index contributed by atoms with van der Waals surface area (Å²) >= 11 is 0. The molecule has 1 atom stereocenters. The zero-order valence-electron chi connectivity index (χ0n) is 9.65. The molecule has 0 amide bonds. The molecule has 1 aliphatic rings. The number of methoxy groups -OCH3 is 1. The van der Waals surface area contributed by atoms with Gasteiger partial charge in [-0.15, -0.1) is 0 Å². The SMILES string of the molecule is COCCOCCN1CCCC[C@@H]1CO. The Balaban J connectivity index is 2.07. The van der Waals surface area contributed by atoms with E-state index in [4.69, 9.17) is 9.47 Å². The van der Waals surface area contributed by atoms with Crippen molar-refractivity contribution in [2.24, 2.45) is 0 Å². The molecule has 0 radical (unpaired) electrons. The smallest absolute Gasteiger partial charge is 0.0700 e. The summed E-state index contributed by atoms with van der Waals surface area (Å²) in [5, 5.41) is 9.20. The Morgan fingerprint density at radius 1 is 1.27 bits per heavy atom. The lowest BCUT2D eigenvalue weighted by Crippen LogP contribution is -2.43. The summed E-state index contributed by atoms with van der Waals surface area (Å²) in [7, 11) is 1.68. The summed E-state index contributed by atoms with van der Waals surface area (Å²) in [5.41, 5.74) is 0. The van der Waals surface area contributed by atoms with E-state index < -0.39 is 0 Å². The number of aliphatic hydroxyl groups excluding tert-OH is 1. The van der Waals surface area contributed by atoms with Crippen molar-refractivity contribution in [3.63, 3.8) is 0 Å². The highest BCUT2D eigenvalue weighted by Gasteiger charge is 2.20. The minimum Gasteiger partial charge on any atom is -0.395 e. The molecule has 15 heavy (non-hydrogen) atoms. The number of hydrogen-bond donors (Lipinski definition) is 1. The molecule has 4 heteroatoms. The van der Waals surface area contributed by atoms with Crippen molar-refractivity contribution >= 4 is 0 Å². The highest BCUT2D eigenvalue weighted by atomic mass is 16.5. The van der Waals surface area contributed by atoms with Gasteiger partial charge < -0.3 is 14.6 Å². The van der Waals surface area contributed by atoms with E-state index in [2.05, 4.69) is 4.90 Å². The molecule has 1 aliphatic heterocycles. The number of piperidine rings is 1. The van der Waals surface area contributed by atoms with Crippen molar-refractivity contribution in [3.05, 3.63) is 0 Å². The zero-order chi connectivity index (χ0) is 10.9. The lowest BCUT2D eigenvalue weighted by atomic mass is 10.0. The van der Waals surface area contributed by atoms with Gasteiger partial charge in [-0.2, -0.15) is 0 Å². The Hall–Kier alpha value is -0.160. The Kier molecular flexibility index (Phi) is 6.92. The summed E-state index contributed by atoms with van der Waals surface area (Å²) in [6, 6.07) is 0.352. The molecule has 0 saturated carbocycles. The third-order valence-electron chi connectivity index (χ3n) is 2.91. The molecule has 1 saturated heterocycles. The maximum Gasteiger partial charge on any atom is 0.0700 e. The van der Waals surface area contributed by atoms with Gasteiger partial charge in [0.05, 0.1) is 26.4 Å². The molecular weight excluding hydrogens is 194 g/mol. The third kappa shape index (κ3) is 4.93. The molecule has 0 aromatic carbocycles. The van der Waals surface area contributed by atoms with E-state index in [1.807, 2.05) is 0 Å². The summed E-state index contributed by atoms with van der Waals surface area (Å²) in [4.78, 5) is 2.33. The number of rotatable bonds is 7. The normalized spacial score (nSPS) is 23.2. The van der Waals surface area contributed by atoms with Crippen molar-refractivity contribution in [1.29, 1.82) is 0 Å². The number of likely N-dealkylation sites (tertiary alicyclic amines) is 1. The average molecular weight is 217 g/mol. The van der Waals surface area contributed by atoms with Crippen LogP contribution in [0.4, 0.5) is 0 Å². The van der Waals surface area contributed by atoms with Gasteiger partial charge in [0, 0.05) is 19.7 Å². The first-order chi connectivity index (χ1) is 7.38. The maximum absolute atomic E-state index is 9.20. The molecule has 0 bridgehead atoms. The van der Waals surface area contributed by atoms with E-state index in [-0.39, 0.29) is 6.61 Å². The number of aliphatic hydroxyl groups is 1. The van der Waals surface area contributed by atoms with Gasteiger partial charge in [-0.05, 0) is 19.4 Å². The highest BCUT2D eigenvalue weighted by Crippen LogP contribution is 2.15. The van der Waals surface area contributed by atoms with E-state index >= 15 is 0 Å². The van der Waals surface area contributed by atoms with Crippen LogP contribution < -0.4 is 0 Å². The van der Waals surface area contributed by atoms with Gasteiger partial charge in [0.15, 0.2) is 0 Å².